The van der Waals surface area contributed by atoms with Crippen molar-refractivity contribution in [1.82, 2.24) is 0 Å². The standard InChI is InChI=1S/C18H19BrN2O2/c1-3-14-6-4-5-7-17(14)20-18(23)12-21(13(2)22)16-10-8-15(19)9-11-16/h4-11H,3,12H2,1-2H3,(H,20,23). The summed E-state index contributed by atoms with van der Waals surface area (Å²) in [6.45, 7) is 3.47. The molecule has 0 spiro atoms. The van der Waals surface area contributed by atoms with Crippen molar-refractivity contribution in [3.8, 4) is 0 Å². The van der Waals surface area contributed by atoms with Crippen LogP contribution in [-0.4, -0.2) is 18.4 Å². The summed E-state index contributed by atoms with van der Waals surface area (Å²) in [4.78, 5) is 25.7. The van der Waals surface area contributed by atoms with E-state index in [0.29, 0.717) is 5.69 Å². The molecule has 2 amide bonds. The van der Waals surface area contributed by atoms with Crippen LogP contribution in [0.25, 0.3) is 0 Å². The number of amides is 2. The van der Waals surface area contributed by atoms with E-state index in [-0.39, 0.29) is 18.4 Å². The molecule has 0 aliphatic carbocycles. The highest BCUT2D eigenvalue weighted by Gasteiger charge is 2.16. The summed E-state index contributed by atoms with van der Waals surface area (Å²) in [5.41, 5.74) is 2.55. The number of anilines is 2. The number of hydrogen-bond acceptors (Lipinski definition) is 2. The highest BCUT2D eigenvalue weighted by atomic mass is 79.9. The van der Waals surface area contributed by atoms with Crippen LogP contribution >= 0.6 is 15.9 Å². The van der Waals surface area contributed by atoms with Crippen molar-refractivity contribution in [3.05, 3.63) is 58.6 Å². The molecule has 0 heterocycles. The monoisotopic (exact) mass is 374 g/mol. The van der Waals surface area contributed by atoms with Crippen molar-refractivity contribution in [3.63, 3.8) is 0 Å². The van der Waals surface area contributed by atoms with Crippen molar-refractivity contribution < 1.29 is 9.59 Å². The molecule has 0 saturated carbocycles. The SMILES string of the molecule is CCc1ccccc1NC(=O)CN(C(C)=O)c1ccc(Br)cc1. The van der Waals surface area contributed by atoms with Crippen LogP contribution in [0, 0.1) is 0 Å². The molecule has 120 valence electrons. The molecule has 1 N–H and O–H groups in total. The lowest BCUT2D eigenvalue weighted by Gasteiger charge is -2.21. The van der Waals surface area contributed by atoms with Crippen LogP contribution in [0.4, 0.5) is 11.4 Å². The summed E-state index contributed by atoms with van der Waals surface area (Å²) in [5.74, 6) is -0.393. The zero-order valence-corrected chi connectivity index (χ0v) is 14.8. The maximum atomic E-state index is 12.3. The van der Waals surface area contributed by atoms with Gasteiger partial charge in [0.2, 0.25) is 11.8 Å². The smallest absolute Gasteiger partial charge is 0.244 e. The minimum Gasteiger partial charge on any atom is -0.324 e. The van der Waals surface area contributed by atoms with Gasteiger partial charge >= 0.3 is 0 Å². The third-order valence-electron chi connectivity index (χ3n) is 3.49. The van der Waals surface area contributed by atoms with E-state index in [1.165, 1.54) is 11.8 Å². The molecule has 4 nitrogen and oxygen atoms in total. The number of nitrogens with zero attached hydrogens (tertiary/aromatic N) is 1. The molecule has 0 aromatic heterocycles. The summed E-state index contributed by atoms with van der Waals surface area (Å²) in [5, 5.41) is 2.89. The third kappa shape index (κ3) is 4.66. The second-order valence-corrected chi connectivity index (χ2v) is 6.06. The summed E-state index contributed by atoms with van der Waals surface area (Å²) in [6.07, 6.45) is 0.833. The highest BCUT2D eigenvalue weighted by Crippen LogP contribution is 2.19. The Morgan fingerprint density at radius 1 is 1.09 bits per heavy atom. The van der Waals surface area contributed by atoms with Crippen LogP contribution in [0.2, 0.25) is 0 Å². The van der Waals surface area contributed by atoms with E-state index in [4.69, 9.17) is 0 Å². The van der Waals surface area contributed by atoms with E-state index in [0.717, 1.165) is 22.1 Å². The third-order valence-corrected chi connectivity index (χ3v) is 4.02. The average Bonchev–Trinajstić information content (AvgIpc) is 2.54. The number of rotatable bonds is 5. The van der Waals surface area contributed by atoms with Gasteiger partial charge in [-0.05, 0) is 42.3 Å². The maximum absolute atomic E-state index is 12.3. The molecule has 0 atom stereocenters. The quantitative estimate of drug-likeness (QED) is 0.859. The molecule has 2 rings (SSSR count). The largest absolute Gasteiger partial charge is 0.324 e. The Balaban J connectivity index is 2.12. The van der Waals surface area contributed by atoms with Gasteiger partial charge in [0, 0.05) is 22.8 Å². The van der Waals surface area contributed by atoms with Gasteiger partial charge in [0.25, 0.3) is 0 Å². The molecule has 0 bridgehead atoms. The van der Waals surface area contributed by atoms with Crippen molar-refractivity contribution in [1.29, 1.82) is 0 Å². The number of hydrogen-bond donors (Lipinski definition) is 1. The first-order chi connectivity index (χ1) is 11.0. The molecular weight excluding hydrogens is 356 g/mol. The minimum atomic E-state index is -0.219. The number of halogens is 1. The first-order valence-electron chi connectivity index (χ1n) is 7.42. The van der Waals surface area contributed by atoms with E-state index in [1.807, 2.05) is 43.3 Å². The molecule has 0 aliphatic rings. The Morgan fingerprint density at radius 2 is 1.74 bits per heavy atom. The fourth-order valence-electron chi connectivity index (χ4n) is 2.29. The number of carbonyl (C=O) groups excluding carboxylic acids is 2. The topological polar surface area (TPSA) is 49.4 Å². The van der Waals surface area contributed by atoms with Crippen LogP contribution in [0.3, 0.4) is 0 Å². The summed E-state index contributed by atoms with van der Waals surface area (Å²) in [7, 11) is 0. The maximum Gasteiger partial charge on any atom is 0.244 e. The number of para-hydroxylation sites is 1. The molecule has 5 heteroatoms. The fraction of sp³-hybridized carbons (Fsp3) is 0.222. The molecule has 2 aromatic carbocycles. The minimum absolute atomic E-state index is 0.0188. The van der Waals surface area contributed by atoms with E-state index in [1.54, 1.807) is 12.1 Å². The number of nitrogens with one attached hydrogen (secondary N) is 1. The second-order valence-electron chi connectivity index (χ2n) is 5.14. The van der Waals surface area contributed by atoms with Gasteiger partial charge in [-0.25, -0.2) is 0 Å². The number of aryl methyl sites for hydroxylation is 1. The van der Waals surface area contributed by atoms with Gasteiger partial charge in [0.05, 0.1) is 0 Å². The first-order valence-corrected chi connectivity index (χ1v) is 8.22. The van der Waals surface area contributed by atoms with Gasteiger partial charge < -0.3 is 10.2 Å². The lowest BCUT2D eigenvalue weighted by Crippen LogP contribution is -2.36. The van der Waals surface area contributed by atoms with Gasteiger partial charge in [-0.2, -0.15) is 0 Å². The van der Waals surface area contributed by atoms with E-state index < -0.39 is 0 Å². The zero-order valence-electron chi connectivity index (χ0n) is 13.2. The molecule has 23 heavy (non-hydrogen) atoms. The lowest BCUT2D eigenvalue weighted by atomic mass is 10.1. The van der Waals surface area contributed by atoms with Crippen LogP contribution in [0.5, 0.6) is 0 Å². The Labute approximate surface area is 144 Å². The van der Waals surface area contributed by atoms with E-state index >= 15 is 0 Å². The number of benzene rings is 2. The van der Waals surface area contributed by atoms with Crippen molar-refractivity contribution >= 4 is 39.1 Å². The van der Waals surface area contributed by atoms with Gasteiger partial charge in [-0.3, -0.25) is 9.59 Å². The van der Waals surface area contributed by atoms with Gasteiger partial charge in [-0.15, -0.1) is 0 Å². The van der Waals surface area contributed by atoms with Crippen molar-refractivity contribution in [2.45, 2.75) is 20.3 Å². The zero-order chi connectivity index (χ0) is 16.8. The molecular formula is C18H19BrN2O2. The van der Waals surface area contributed by atoms with E-state index in [9.17, 15) is 9.59 Å². The predicted molar refractivity (Wildman–Crippen MR) is 96.6 cm³/mol. The fourth-order valence-corrected chi connectivity index (χ4v) is 2.55. The summed E-state index contributed by atoms with van der Waals surface area (Å²) in [6, 6.07) is 15.0. The predicted octanol–water partition coefficient (Wildman–Crippen LogP) is 4.00. The summed E-state index contributed by atoms with van der Waals surface area (Å²) >= 11 is 3.36. The van der Waals surface area contributed by atoms with Crippen molar-refractivity contribution in [2.75, 3.05) is 16.8 Å². The average molecular weight is 375 g/mol. The normalized spacial score (nSPS) is 10.2. The van der Waals surface area contributed by atoms with Gasteiger partial charge in [0.1, 0.15) is 6.54 Å². The highest BCUT2D eigenvalue weighted by molar-refractivity contribution is 9.10. The first kappa shape index (κ1) is 17.2. The second kappa shape index (κ2) is 7.92. The molecule has 2 aromatic rings. The Kier molecular flexibility index (Phi) is 5.93. The Morgan fingerprint density at radius 3 is 2.35 bits per heavy atom. The number of carbonyl (C=O) groups is 2. The molecule has 0 saturated heterocycles. The van der Waals surface area contributed by atoms with Crippen LogP contribution in [-0.2, 0) is 16.0 Å². The Bertz CT molecular complexity index is 698. The molecule has 0 aliphatic heterocycles. The van der Waals surface area contributed by atoms with Gasteiger partial charge in [-0.1, -0.05) is 41.1 Å². The summed E-state index contributed by atoms with van der Waals surface area (Å²) < 4.78 is 0.922. The lowest BCUT2D eigenvalue weighted by molar-refractivity contribution is -0.120. The van der Waals surface area contributed by atoms with Crippen LogP contribution in [0.15, 0.2) is 53.0 Å². The van der Waals surface area contributed by atoms with E-state index in [2.05, 4.69) is 21.2 Å². The van der Waals surface area contributed by atoms with Crippen molar-refractivity contribution in [2.24, 2.45) is 0 Å². The molecule has 0 fully saturated rings. The van der Waals surface area contributed by atoms with Gasteiger partial charge in [0.15, 0.2) is 0 Å². The Hall–Kier alpha value is -2.14. The molecule has 0 unspecified atom stereocenters. The molecule has 0 radical (unpaired) electrons. The van der Waals surface area contributed by atoms with Crippen LogP contribution < -0.4 is 10.2 Å². The van der Waals surface area contributed by atoms with Crippen LogP contribution in [0.1, 0.15) is 19.4 Å².